The van der Waals surface area contributed by atoms with E-state index in [-0.39, 0.29) is 17.2 Å². The zero-order valence-corrected chi connectivity index (χ0v) is 16.6. The van der Waals surface area contributed by atoms with Gasteiger partial charge in [-0.2, -0.15) is 0 Å². The van der Waals surface area contributed by atoms with Crippen LogP contribution in [0.2, 0.25) is 18.1 Å². The first kappa shape index (κ1) is 17.7. The van der Waals surface area contributed by atoms with Gasteiger partial charge in [0.05, 0.1) is 12.2 Å². The molecule has 0 radical (unpaired) electrons. The second-order valence-electron chi connectivity index (χ2n) is 8.50. The summed E-state index contributed by atoms with van der Waals surface area (Å²) in [5, 5.41) is 2.83. The van der Waals surface area contributed by atoms with E-state index in [1.54, 1.807) is 0 Å². The van der Waals surface area contributed by atoms with Crippen LogP contribution in [0.1, 0.15) is 32.8 Å². The van der Waals surface area contributed by atoms with Gasteiger partial charge < -0.3 is 9.16 Å². The largest absolute Gasteiger partial charge is 0.411 e. The van der Waals surface area contributed by atoms with Crippen LogP contribution in [0.5, 0.6) is 0 Å². The van der Waals surface area contributed by atoms with E-state index >= 15 is 0 Å². The summed E-state index contributed by atoms with van der Waals surface area (Å²) < 4.78 is 12.7. The van der Waals surface area contributed by atoms with Crippen molar-refractivity contribution in [3.63, 3.8) is 0 Å². The highest BCUT2D eigenvalue weighted by Gasteiger charge is 2.42. The number of rotatable bonds is 4. The smallest absolute Gasteiger partial charge is 0.192 e. The molecule has 1 aliphatic rings. The standard InChI is InChI=1S/C21H30O2Si/c1-21(2,3)24(4,5)23-19-12-13-22-20(19)15-16-10-11-17-8-6-7-9-18(17)14-16/h6-11,14,19-20H,12-13,15H2,1-5H3/t19-,20+/m0/s1. The van der Waals surface area contributed by atoms with Crippen molar-refractivity contribution in [2.75, 3.05) is 6.61 Å². The Labute approximate surface area is 147 Å². The van der Waals surface area contributed by atoms with Gasteiger partial charge in [-0.15, -0.1) is 0 Å². The van der Waals surface area contributed by atoms with E-state index in [2.05, 4.69) is 76.3 Å². The van der Waals surface area contributed by atoms with E-state index in [0.29, 0.717) is 0 Å². The summed E-state index contributed by atoms with van der Waals surface area (Å²) >= 11 is 0. The Bertz CT molecular complexity index is 702. The molecule has 0 saturated carbocycles. The Morgan fingerprint density at radius 3 is 2.50 bits per heavy atom. The molecule has 0 spiro atoms. The first-order chi connectivity index (χ1) is 11.3. The Balaban J connectivity index is 1.73. The predicted molar refractivity (Wildman–Crippen MR) is 104 cm³/mol. The molecular formula is C21H30O2Si. The minimum Gasteiger partial charge on any atom is -0.411 e. The van der Waals surface area contributed by atoms with E-state index in [4.69, 9.17) is 9.16 Å². The van der Waals surface area contributed by atoms with E-state index in [0.717, 1.165) is 19.4 Å². The SMILES string of the molecule is CC(C)(C)[Si](C)(C)O[C@H]1CCO[C@@H]1Cc1ccc2ccccc2c1. The van der Waals surface area contributed by atoms with E-state index in [1.165, 1.54) is 16.3 Å². The normalized spacial score (nSPS) is 22.2. The van der Waals surface area contributed by atoms with Crippen LogP contribution in [0.15, 0.2) is 42.5 Å². The first-order valence-electron chi connectivity index (χ1n) is 9.03. The van der Waals surface area contributed by atoms with Crippen molar-refractivity contribution in [3.8, 4) is 0 Å². The maximum Gasteiger partial charge on any atom is 0.192 e. The lowest BCUT2D eigenvalue weighted by atomic mass is 10.0. The molecule has 0 aliphatic carbocycles. The topological polar surface area (TPSA) is 18.5 Å². The fraction of sp³-hybridized carbons (Fsp3) is 0.524. The molecule has 0 unspecified atom stereocenters. The second-order valence-corrected chi connectivity index (χ2v) is 13.3. The van der Waals surface area contributed by atoms with Crippen LogP contribution in [0.3, 0.4) is 0 Å². The summed E-state index contributed by atoms with van der Waals surface area (Å²) in [7, 11) is -1.75. The molecule has 0 N–H and O–H groups in total. The summed E-state index contributed by atoms with van der Waals surface area (Å²) in [6.45, 7) is 12.4. The van der Waals surface area contributed by atoms with Crippen molar-refractivity contribution < 1.29 is 9.16 Å². The average Bonchev–Trinajstić information content (AvgIpc) is 2.92. The van der Waals surface area contributed by atoms with Crippen LogP contribution in [-0.2, 0) is 15.6 Å². The van der Waals surface area contributed by atoms with Crippen molar-refractivity contribution in [3.05, 3.63) is 48.0 Å². The van der Waals surface area contributed by atoms with Crippen molar-refractivity contribution in [1.29, 1.82) is 0 Å². The monoisotopic (exact) mass is 342 g/mol. The molecule has 2 aromatic carbocycles. The van der Waals surface area contributed by atoms with E-state index < -0.39 is 8.32 Å². The molecule has 1 aliphatic heterocycles. The Morgan fingerprint density at radius 2 is 1.79 bits per heavy atom. The highest BCUT2D eigenvalue weighted by molar-refractivity contribution is 6.74. The minimum absolute atomic E-state index is 0.181. The minimum atomic E-state index is -1.75. The van der Waals surface area contributed by atoms with Crippen LogP contribution >= 0.6 is 0 Å². The summed E-state index contributed by atoms with van der Waals surface area (Å²) in [6, 6.07) is 15.3. The quantitative estimate of drug-likeness (QED) is 0.677. The molecule has 2 nitrogen and oxygen atoms in total. The lowest BCUT2D eigenvalue weighted by Gasteiger charge is -2.39. The Morgan fingerprint density at radius 1 is 1.08 bits per heavy atom. The van der Waals surface area contributed by atoms with Gasteiger partial charge in [0, 0.05) is 13.0 Å². The van der Waals surface area contributed by atoms with Gasteiger partial charge in [0.1, 0.15) is 0 Å². The van der Waals surface area contributed by atoms with Crippen LogP contribution in [-0.4, -0.2) is 27.1 Å². The third-order valence-corrected chi connectivity index (χ3v) is 10.2. The molecule has 0 amide bonds. The number of fused-ring (bicyclic) bond motifs is 1. The van der Waals surface area contributed by atoms with Gasteiger partial charge in [0.15, 0.2) is 8.32 Å². The van der Waals surface area contributed by atoms with Crippen molar-refractivity contribution >= 4 is 19.1 Å². The van der Waals surface area contributed by atoms with Crippen LogP contribution in [0.4, 0.5) is 0 Å². The van der Waals surface area contributed by atoms with Gasteiger partial charge in [-0.05, 0) is 40.9 Å². The van der Waals surface area contributed by atoms with Gasteiger partial charge >= 0.3 is 0 Å². The molecule has 1 heterocycles. The molecule has 24 heavy (non-hydrogen) atoms. The highest BCUT2D eigenvalue weighted by atomic mass is 28.4. The highest BCUT2D eigenvalue weighted by Crippen LogP contribution is 2.39. The van der Waals surface area contributed by atoms with Gasteiger partial charge in [-0.3, -0.25) is 0 Å². The third-order valence-electron chi connectivity index (χ3n) is 5.65. The second kappa shape index (κ2) is 6.62. The van der Waals surface area contributed by atoms with Crippen LogP contribution in [0, 0.1) is 0 Å². The lowest BCUT2D eigenvalue weighted by molar-refractivity contribution is 0.0481. The zero-order valence-electron chi connectivity index (χ0n) is 15.6. The number of hydrogen-bond acceptors (Lipinski definition) is 2. The third kappa shape index (κ3) is 3.74. The lowest BCUT2D eigenvalue weighted by Crippen LogP contribution is -2.46. The number of hydrogen-bond donors (Lipinski definition) is 0. The average molecular weight is 343 g/mol. The van der Waals surface area contributed by atoms with E-state index in [9.17, 15) is 0 Å². The molecule has 1 saturated heterocycles. The van der Waals surface area contributed by atoms with Gasteiger partial charge in [0.25, 0.3) is 0 Å². The van der Waals surface area contributed by atoms with Gasteiger partial charge in [-0.1, -0.05) is 63.2 Å². The molecule has 0 bridgehead atoms. The number of benzene rings is 2. The van der Waals surface area contributed by atoms with E-state index in [1.807, 2.05) is 0 Å². The summed E-state index contributed by atoms with van der Waals surface area (Å²) in [5.41, 5.74) is 1.34. The van der Waals surface area contributed by atoms with Gasteiger partial charge in [-0.25, -0.2) is 0 Å². The fourth-order valence-corrected chi connectivity index (χ4v) is 4.49. The fourth-order valence-electron chi connectivity index (χ4n) is 3.11. The zero-order chi connectivity index (χ0) is 17.4. The van der Waals surface area contributed by atoms with Crippen molar-refractivity contribution in [2.24, 2.45) is 0 Å². The molecule has 2 atom stereocenters. The molecule has 130 valence electrons. The van der Waals surface area contributed by atoms with Crippen LogP contribution in [0.25, 0.3) is 10.8 Å². The molecule has 2 aromatic rings. The number of ether oxygens (including phenoxy) is 1. The molecule has 1 fully saturated rings. The Kier molecular flexibility index (Phi) is 4.87. The summed E-state index contributed by atoms with van der Waals surface area (Å²) in [4.78, 5) is 0. The van der Waals surface area contributed by atoms with Crippen LogP contribution < -0.4 is 0 Å². The summed E-state index contributed by atoms with van der Waals surface area (Å²) in [6.07, 6.45) is 2.37. The predicted octanol–water partition coefficient (Wildman–Crippen LogP) is 5.56. The first-order valence-corrected chi connectivity index (χ1v) is 11.9. The summed E-state index contributed by atoms with van der Waals surface area (Å²) in [5.74, 6) is 0. The maximum atomic E-state index is 6.65. The molecule has 3 heteroatoms. The van der Waals surface area contributed by atoms with Crippen molar-refractivity contribution in [1.82, 2.24) is 0 Å². The maximum absolute atomic E-state index is 6.65. The van der Waals surface area contributed by atoms with Gasteiger partial charge in [0.2, 0.25) is 0 Å². The van der Waals surface area contributed by atoms with Crippen molar-refractivity contribution in [2.45, 2.75) is 64.0 Å². The molecule has 3 rings (SSSR count). The molecule has 0 aromatic heterocycles. The Hall–Kier alpha value is -1.16. The molecular weight excluding hydrogens is 312 g/mol.